The molecule has 0 saturated carbocycles. The minimum atomic E-state index is 0.0751. The van der Waals surface area contributed by atoms with Gasteiger partial charge in [-0.05, 0) is 45.6 Å². The van der Waals surface area contributed by atoms with Gasteiger partial charge in [0.2, 0.25) is 5.91 Å². The van der Waals surface area contributed by atoms with E-state index < -0.39 is 0 Å². The maximum absolute atomic E-state index is 12.7. The van der Waals surface area contributed by atoms with E-state index in [1.807, 2.05) is 6.92 Å². The molecule has 1 aromatic heterocycles. The van der Waals surface area contributed by atoms with E-state index in [9.17, 15) is 4.79 Å². The Hall–Kier alpha value is -1.36. The van der Waals surface area contributed by atoms with E-state index >= 15 is 0 Å². The number of hydrogen-bond donors (Lipinski definition) is 0. The Balaban J connectivity index is 1.71. The molecule has 3 rings (SSSR count). The number of aryl methyl sites for hydroxylation is 2. The molecule has 1 aromatic rings. The van der Waals surface area contributed by atoms with Crippen LogP contribution in [0, 0.1) is 19.8 Å². The lowest BCUT2D eigenvalue weighted by atomic mass is 9.98. The smallest absolute Gasteiger partial charge is 0.228 e. The zero-order valence-corrected chi connectivity index (χ0v) is 13.0. The van der Waals surface area contributed by atoms with Crippen molar-refractivity contribution in [3.8, 4) is 0 Å². The average molecular weight is 291 g/mol. The quantitative estimate of drug-likeness (QED) is 0.855. The maximum atomic E-state index is 12.7. The van der Waals surface area contributed by atoms with E-state index in [0.717, 1.165) is 44.7 Å². The third kappa shape index (κ3) is 3.12. The van der Waals surface area contributed by atoms with Crippen LogP contribution >= 0.6 is 0 Å². The summed E-state index contributed by atoms with van der Waals surface area (Å²) in [5.74, 6) is 0.366. The van der Waals surface area contributed by atoms with Gasteiger partial charge in [-0.1, -0.05) is 0 Å². The molecule has 0 unspecified atom stereocenters. The summed E-state index contributed by atoms with van der Waals surface area (Å²) in [5, 5.41) is 4.55. The van der Waals surface area contributed by atoms with Gasteiger partial charge in [0, 0.05) is 18.8 Å². The van der Waals surface area contributed by atoms with Gasteiger partial charge in [-0.25, -0.2) is 0 Å². The maximum Gasteiger partial charge on any atom is 0.228 e. The molecule has 5 nitrogen and oxygen atoms in total. The summed E-state index contributed by atoms with van der Waals surface area (Å²) in [6, 6.07) is 2.38. The fourth-order valence-corrected chi connectivity index (χ4v) is 3.50. The third-order valence-corrected chi connectivity index (χ3v) is 4.68. The number of rotatable bonds is 3. The van der Waals surface area contributed by atoms with Crippen LogP contribution in [-0.2, 0) is 16.1 Å². The number of piperidine rings is 1. The SMILES string of the molecule is Cc1cc(C)n(C[C@H]2CCCCN2C(=O)[C@@H]2CCOC2)n1. The molecule has 0 radical (unpaired) electrons. The van der Waals surface area contributed by atoms with Crippen molar-refractivity contribution in [1.82, 2.24) is 14.7 Å². The Morgan fingerprint density at radius 3 is 2.90 bits per heavy atom. The molecule has 0 bridgehead atoms. The Morgan fingerprint density at radius 1 is 1.38 bits per heavy atom. The van der Waals surface area contributed by atoms with Gasteiger partial charge < -0.3 is 9.64 Å². The third-order valence-electron chi connectivity index (χ3n) is 4.68. The number of carbonyl (C=O) groups excluding carboxylic acids is 1. The molecule has 2 aliphatic rings. The Bertz CT molecular complexity index is 506. The standard InChI is InChI=1S/C16H25N3O2/c1-12-9-13(2)19(17-12)10-15-5-3-4-7-18(15)16(20)14-6-8-21-11-14/h9,14-15H,3-8,10-11H2,1-2H3/t14-,15-/m1/s1. The Kier molecular flexibility index (Phi) is 4.29. The molecule has 0 aliphatic carbocycles. The molecular formula is C16H25N3O2. The molecule has 21 heavy (non-hydrogen) atoms. The molecule has 1 amide bonds. The summed E-state index contributed by atoms with van der Waals surface area (Å²) < 4.78 is 7.43. The molecule has 5 heteroatoms. The first-order valence-corrected chi connectivity index (χ1v) is 8.04. The van der Waals surface area contributed by atoms with Crippen molar-refractivity contribution in [1.29, 1.82) is 0 Å². The average Bonchev–Trinajstić information content (AvgIpc) is 3.09. The Labute approximate surface area is 126 Å². The van der Waals surface area contributed by atoms with Gasteiger partial charge in [-0.2, -0.15) is 5.10 Å². The van der Waals surface area contributed by atoms with Gasteiger partial charge in [0.1, 0.15) is 0 Å². The van der Waals surface area contributed by atoms with Crippen molar-refractivity contribution in [2.75, 3.05) is 19.8 Å². The van der Waals surface area contributed by atoms with Gasteiger partial charge in [-0.15, -0.1) is 0 Å². The normalized spacial score (nSPS) is 26.3. The summed E-state index contributed by atoms with van der Waals surface area (Å²) in [6.07, 6.45) is 4.28. The fraction of sp³-hybridized carbons (Fsp3) is 0.750. The number of likely N-dealkylation sites (tertiary alicyclic amines) is 1. The van der Waals surface area contributed by atoms with Crippen LogP contribution in [0.3, 0.4) is 0 Å². The van der Waals surface area contributed by atoms with E-state index in [0.29, 0.717) is 12.5 Å². The van der Waals surface area contributed by atoms with E-state index in [-0.39, 0.29) is 12.0 Å². The second-order valence-corrected chi connectivity index (χ2v) is 6.35. The molecule has 116 valence electrons. The zero-order chi connectivity index (χ0) is 14.8. The first kappa shape index (κ1) is 14.6. The second-order valence-electron chi connectivity index (χ2n) is 6.35. The molecule has 0 spiro atoms. The molecule has 3 heterocycles. The first-order valence-electron chi connectivity index (χ1n) is 8.04. The number of carbonyl (C=O) groups is 1. The first-order chi connectivity index (χ1) is 10.1. The summed E-state index contributed by atoms with van der Waals surface area (Å²) in [6.45, 7) is 7.13. The highest BCUT2D eigenvalue weighted by Crippen LogP contribution is 2.24. The van der Waals surface area contributed by atoms with E-state index in [1.54, 1.807) is 0 Å². The summed E-state index contributed by atoms with van der Waals surface area (Å²) in [4.78, 5) is 14.8. The molecule has 0 N–H and O–H groups in total. The van der Waals surface area contributed by atoms with Crippen LogP contribution in [-0.4, -0.2) is 46.4 Å². The van der Waals surface area contributed by atoms with Crippen LogP contribution in [0.1, 0.15) is 37.1 Å². The number of amides is 1. The molecule has 0 aromatic carbocycles. The molecule has 2 atom stereocenters. The predicted octanol–water partition coefficient (Wildman–Crippen LogP) is 1.92. The van der Waals surface area contributed by atoms with Crippen LogP contribution in [0.4, 0.5) is 0 Å². The van der Waals surface area contributed by atoms with E-state index in [2.05, 4.69) is 27.7 Å². The Morgan fingerprint density at radius 2 is 2.24 bits per heavy atom. The van der Waals surface area contributed by atoms with Crippen molar-refractivity contribution in [3.63, 3.8) is 0 Å². The summed E-state index contributed by atoms with van der Waals surface area (Å²) in [5.41, 5.74) is 2.22. The number of nitrogens with zero attached hydrogens (tertiary/aromatic N) is 3. The molecule has 2 aliphatic heterocycles. The van der Waals surface area contributed by atoms with Gasteiger partial charge in [0.25, 0.3) is 0 Å². The lowest BCUT2D eigenvalue weighted by molar-refractivity contribution is -0.139. The lowest BCUT2D eigenvalue weighted by Gasteiger charge is -2.37. The highest BCUT2D eigenvalue weighted by atomic mass is 16.5. The highest BCUT2D eigenvalue weighted by molar-refractivity contribution is 5.79. The highest BCUT2D eigenvalue weighted by Gasteiger charge is 2.33. The van der Waals surface area contributed by atoms with Crippen LogP contribution in [0.5, 0.6) is 0 Å². The van der Waals surface area contributed by atoms with Crippen molar-refractivity contribution in [2.24, 2.45) is 5.92 Å². The van der Waals surface area contributed by atoms with E-state index in [4.69, 9.17) is 4.74 Å². The van der Waals surface area contributed by atoms with Crippen LogP contribution in [0.2, 0.25) is 0 Å². The largest absolute Gasteiger partial charge is 0.381 e. The van der Waals surface area contributed by atoms with Gasteiger partial charge in [0.05, 0.1) is 30.8 Å². The van der Waals surface area contributed by atoms with Gasteiger partial charge in [0.15, 0.2) is 0 Å². The predicted molar refractivity (Wildman–Crippen MR) is 80.0 cm³/mol. The fourth-order valence-electron chi connectivity index (χ4n) is 3.50. The monoisotopic (exact) mass is 291 g/mol. The number of ether oxygens (including phenoxy) is 1. The summed E-state index contributed by atoms with van der Waals surface area (Å²) >= 11 is 0. The van der Waals surface area contributed by atoms with Gasteiger partial charge >= 0.3 is 0 Å². The van der Waals surface area contributed by atoms with E-state index in [1.165, 1.54) is 12.1 Å². The van der Waals surface area contributed by atoms with Crippen LogP contribution < -0.4 is 0 Å². The number of aromatic nitrogens is 2. The minimum Gasteiger partial charge on any atom is -0.381 e. The molecular weight excluding hydrogens is 266 g/mol. The second kappa shape index (κ2) is 6.18. The topological polar surface area (TPSA) is 47.4 Å². The minimum absolute atomic E-state index is 0.0751. The van der Waals surface area contributed by atoms with Crippen molar-refractivity contribution < 1.29 is 9.53 Å². The molecule has 2 saturated heterocycles. The zero-order valence-electron chi connectivity index (χ0n) is 13.0. The van der Waals surface area contributed by atoms with Crippen LogP contribution in [0.15, 0.2) is 6.07 Å². The van der Waals surface area contributed by atoms with Crippen LogP contribution in [0.25, 0.3) is 0 Å². The lowest BCUT2D eigenvalue weighted by Crippen LogP contribution is -2.48. The van der Waals surface area contributed by atoms with Crippen molar-refractivity contribution in [2.45, 2.75) is 52.1 Å². The van der Waals surface area contributed by atoms with Crippen molar-refractivity contribution >= 4 is 5.91 Å². The number of hydrogen-bond acceptors (Lipinski definition) is 3. The van der Waals surface area contributed by atoms with Gasteiger partial charge in [-0.3, -0.25) is 9.48 Å². The van der Waals surface area contributed by atoms with Crippen molar-refractivity contribution in [3.05, 3.63) is 17.5 Å². The summed E-state index contributed by atoms with van der Waals surface area (Å²) in [7, 11) is 0. The molecule has 2 fully saturated rings.